The number of benzene rings is 1. The van der Waals surface area contributed by atoms with Gasteiger partial charge in [-0.15, -0.1) is 0 Å². The number of rotatable bonds is 3. The van der Waals surface area contributed by atoms with Crippen LogP contribution in [0.3, 0.4) is 0 Å². The van der Waals surface area contributed by atoms with Crippen molar-refractivity contribution in [3.63, 3.8) is 0 Å². The number of hydrogen-bond acceptors (Lipinski definition) is 4. The Morgan fingerprint density at radius 2 is 2.09 bits per heavy atom. The van der Waals surface area contributed by atoms with E-state index in [1.54, 1.807) is 0 Å². The predicted molar refractivity (Wildman–Crippen MR) is 75.5 cm³/mol. The van der Waals surface area contributed by atoms with Crippen LogP contribution in [0.1, 0.15) is 23.7 Å². The van der Waals surface area contributed by atoms with Crippen LogP contribution < -0.4 is 5.32 Å². The van der Waals surface area contributed by atoms with E-state index in [4.69, 9.17) is 4.74 Å². The van der Waals surface area contributed by atoms with Crippen molar-refractivity contribution in [3.05, 3.63) is 35.6 Å². The highest BCUT2D eigenvalue weighted by Crippen LogP contribution is 2.20. The first-order valence-electron chi connectivity index (χ1n) is 6.85. The Balaban J connectivity index is 2.15. The Morgan fingerprint density at radius 3 is 2.68 bits per heavy atom. The summed E-state index contributed by atoms with van der Waals surface area (Å²) in [6.45, 7) is 1.70. The third-order valence-corrected chi connectivity index (χ3v) is 3.65. The third-order valence-electron chi connectivity index (χ3n) is 3.65. The number of carbonyl (C=O) groups excluding carboxylic acids is 3. The lowest BCUT2D eigenvalue weighted by Crippen LogP contribution is -2.51. The molecular weight excluding hydrogens is 291 g/mol. The van der Waals surface area contributed by atoms with Crippen LogP contribution in [-0.2, 0) is 14.3 Å². The molecule has 1 aromatic rings. The first-order chi connectivity index (χ1) is 10.4. The molecule has 1 aliphatic rings. The molecular formula is C15H17FN2O4. The van der Waals surface area contributed by atoms with Gasteiger partial charge in [0, 0.05) is 19.0 Å². The summed E-state index contributed by atoms with van der Waals surface area (Å²) in [5.41, 5.74) is 0.157. The molecule has 0 spiro atoms. The lowest BCUT2D eigenvalue weighted by molar-refractivity contribution is -0.150. The number of likely N-dealkylation sites (tertiary alicyclic amines) is 1. The van der Waals surface area contributed by atoms with Gasteiger partial charge in [0.2, 0.25) is 5.91 Å². The lowest BCUT2D eigenvalue weighted by atomic mass is 10.1. The second-order valence-corrected chi connectivity index (χ2v) is 5.06. The van der Waals surface area contributed by atoms with E-state index in [1.165, 1.54) is 37.1 Å². The van der Waals surface area contributed by atoms with Gasteiger partial charge in [-0.25, -0.2) is 9.18 Å². The van der Waals surface area contributed by atoms with E-state index in [-0.39, 0.29) is 11.5 Å². The molecule has 1 saturated heterocycles. The number of esters is 1. The largest absolute Gasteiger partial charge is 0.467 e. The van der Waals surface area contributed by atoms with Crippen LogP contribution in [-0.4, -0.2) is 48.4 Å². The summed E-state index contributed by atoms with van der Waals surface area (Å²) in [5.74, 6) is -1.87. The van der Waals surface area contributed by atoms with Gasteiger partial charge < -0.3 is 15.0 Å². The number of hydrogen-bond donors (Lipinski definition) is 1. The molecule has 1 fully saturated rings. The first-order valence-corrected chi connectivity index (χ1v) is 6.85. The average molecular weight is 308 g/mol. The molecule has 0 saturated carbocycles. The van der Waals surface area contributed by atoms with Crippen molar-refractivity contribution in [2.75, 3.05) is 13.7 Å². The van der Waals surface area contributed by atoms with E-state index < -0.39 is 29.8 Å². The van der Waals surface area contributed by atoms with E-state index in [2.05, 4.69) is 5.32 Å². The Bertz CT molecular complexity index is 605. The third kappa shape index (κ3) is 3.24. The van der Waals surface area contributed by atoms with Gasteiger partial charge in [-0.1, -0.05) is 6.07 Å². The van der Waals surface area contributed by atoms with Gasteiger partial charge in [0.25, 0.3) is 5.91 Å². The summed E-state index contributed by atoms with van der Waals surface area (Å²) in [6, 6.07) is 3.83. The maximum atomic E-state index is 13.2. The average Bonchev–Trinajstić information content (AvgIpc) is 2.90. The van der Waals surface area contributed by atoms with Crippen LogP contribution in [0, 0.1) is 5.82 Å². The second-order valence-electron chi connectivity index (χ2n) is 5.06. The topological polar surface area (TPSA) is 75.7 Å². The Morgan fingerprint density at radius 1 is 1.36 bits per heavy atom. The van der Waals surface area contributed by atoms with Crippen molar-refractivity contribution in [2.45, 2.75) is 25.4 Å². The molecule has 7 heteroatoms. The molecule has 6 nitrogen and oxygen atoms in total. The van der Waals surface area contributed by atoms with Crippen LogP contribution in [0.4, 0.5) is 4.39 Å². The summed E-state index contributed by atoms with van der Waals surface area (Å²) in [5, 5.41) is 2.67. The molecule has 0 aliphatic carbocycles. The number of nitrogens with zero attached hydrogens (tertiary/aromatic N) is 1. The standard InChI is InChI=1S/C15H17FN2O4/c1-9(19)18-7-6-12(13(18)15(21)22-2)17-14(20)10-4-3-5-11(16)8-10/h3-5,8,12-13H,6-7H2,1-2H3,(H,17,20)/t12-,13-/m0/s1. The molecule has 0 unspecified atom stereocenters. The van der Waals surface area contributed by atoms with Crippen molar-refractivity contribution in [2.24, 2.45) is 0 Å². The fourth-order valence-electron chi connectivity index (χ4n) is 2.59. The van der Waals surface area contributed by atoms with Gasteiger partial charge >= 0.3 is 5.97 Å². The molecule has 1 N–H and O–H groups in total. The maximum Gasteiger partial charge on any atom is 0.330 e. The number of ether oxygens (including phenoxy) is 1. The monoisotopic (exact) mass is 308 g/mol. The van der Waals surface area contributed by atoms with Crippen molar-refractivity contribution >= 4 is 17.8 Å². The minimum Gasteiger partial charge on any atom is -0.467 e. The normalized spacial score (nSPS) is 20.6. The number of carbonyl (C=O) groups is 3. The van der Waals surface area contributed by atoms with Gasteiger partial charge in [-0.2, -0.15) is 0 Å². The number of methoxy groups -OCH3 is 1. The zero-order chi connectivity index (χ0) is 16.3. The van der Waals surface area contributed by atoms with E-state index in [1.807, 2.05) is 0 Å². The molecule has 1 heterocycles. The molecule has 0 bridgehead atoms. The van der Waals surface area contributed by atoms with Crippen LogP contribution in [0.15, 0.2) is 24.3 Å². The Labute approximate surface area is 127 Å². The number of nitrogens with one attached hydrogen (secondary N) is 1. The van der Waals surface area contributed by atoms with E-state index >= 15 is 0 Å². The van der Waals surface area contributed by atoms with Crippen LogP contribution in [0.5, 0.6) is 0 Å². The van der Waals surface area contributed by atoms with Crippen molar-refractivity contribution in [3.8, 4) is 0 Å². The van der Waals surface area contributed by atoms with Gasteiger partial charge in [0.15, 0.2) is 0 Å². The van der Waals surface area contributed by atoms with Gasteiger partial charge in [-0.3, -0.25) is 9.59 Å². The highest BCUT2D eigenvalue weighted by Gasteiger charge is 2.42. The molecule has 2 rings (SSSR count). The van der Waals surface area contributed by atoms with Gasteiger partial charge in [-0.05, 0) is 24.6 Å². The predicted octanol–water partition coefficient (Wildman–Crippen LogP) is 0.718. The summed E-state index contributed by atoms with van der Waals surface area (Å²) < 4.78 is 17.9. The van der Waals surface area contributed by atoms with Crippen LogP contribution in [0.25, 0.3) is 0 Å². The van der Waals surface area contributed by atoms with Gasteiger partial charge in [0.1, 0.15) is 11.9 Å². The Kier molecular flexibility index (Phi) is 4.75. The second kappa shape index (κ2) is 6.55. The van der Waals surface area contributed by atoms with Gasteiger partial charge in [0.05, 0.1) is 13.2 Å². The van der Waals surface area contributed by atoms with E-state index in [0.717, 1.165) is 6.07 Å². The molecule has 2 amide bonds. The molecule has 2 atom stereocenters. The Hall–Kier alpha value is -2.44. The number of halogens is 1. The summed E-state index contributed by atoms with van der Waals surface area (Å²) in [7, 11) is 1.23. The molecule has 1 aliphatic heterocycles. The quantitative estimate of drug-likeness (QED) is 0.835. The smallest absolute Gasteiger partial charge is 0.330 e. The zero-order valence-electron chi connectivity index (χ0n) is 12.3. The summed E-state index contributed by atoms with van der Waals surface area (Å²) in [6.07, 6.45) is 0.431. The van der Waals surface area contributed by atoms with Crippen LogP contribution >= 0.6 is 0 Å². The minimum absolute atomic E-state index is 0.157. The molecule has 22 heavy (non-hydrogen) atoms. The molecule has 0 aromatic heterocycles. The van der Waals surface area contributed by atoms with E-state index in [0.29, 0.717) is 13.0 Å². The minimum atomic E-state index is -0.861. The fraction of sp³-hybridized carbons (Fsp3) is 0.400. The van der Waals surface area contributed by atoms with Crippen LogP contribution in [0.2, 0.25) is 0 Å². The fourth-order valence-corrected chi connectivity index (χ4v) is 2.59. The van der Waals surface area contributed by atoms with Crippen molar-refractivity contribution in [1.82, 2.24) is 10.2 Å². The maximum absolute atomic E-state index is 13.2. The lowest BCUT2D eigenvalue weighted by Gasteiger charge is -2.25. The van der Waals surface area contributed by atoms with Crippen molar-refractivity contribution < 1.29 is 23.5 Å². The summed E-state index contributed by atoms with van der Waals surface area (Å²) in [4.78, 5) is 37.0. The highest BCUT2D eigenvalue weighted by atomic mass is 19.1. The SMILES string of the molecule is COC(=O)[C@@H]1[C@@H](NC(=O)c2cccc(F)c2)CCN1C(C)=O. The highest BCUT2D eigenvalue weighted by molar-refractivity contribution is 5.95. The zero-order valence-corrected chi connectivity index (χ0v) is 12.3. The summed E-state index contributed by atoms with van der Waals surface area (Å²) >= 11 is 0. The van der Waals surface area contributed by atoms with E-state index in [9.17, 15) is 18.8 Å². The molecule has 118 valence electrons. The molecule has 0 radical (unpaired) electrons. The molecule has 1 aromatic carbocycles. The number of amides is 2. The first kappa shape index (κ1) is 15.9. The van der Waals surface area contributed by atoms with Crippen molar-refractivity contribution in [1.29, 1.82) is 0 Å².